The number of carbonyl (C=O) groups excluding carboxylic acids is 1. The molecule has 0 radical (unpaired) electrons. The van der Waals surface area contributed by atoms with Crippen LogP contribution in [0.3, 0.4) is 0 Å². The van der Waals surface area contributed by atoms with Crippen LogP contribution in [-0.4, -0.2) is 15.9 Å². The van der Waals surface area contributed by atoms with E-state index in [1.807, 2.05) is 13.0 Å². The van der Waals surface area contributed by atoms with Gasteiger partial charge in [-0.15, -0.1) is 11.3 Å². The zero-order chi connectivity index (χ0) is 11.5. The number of aryl methyl sites for hydroxylation is 1. The van der Waals surface area contributed by atoms with E-state index in [2.05, 4.69) is 37.9 Å². The third kappa shape index (κ3) is 2.76. The molecule has 0 fully saturated rings. The Balaban J connectivity index is 2.10. The van der Waals surface area contributed by atoms with Crippen LogP contribution >= 0.6 is 33.9 Å². The van der Waals surface area contributed by atoms with Crippen molar-refractivity contribution in [1.82, 2.24) is 9.97 Å². The number of pyridine rings is 1. The summed E-state index contributed by atoms with van der Waals surface area (Å²) in [5, 5.41) is 3.59. The Kier molecular flexibility index (Phi) is 3.49. The SMILES string of the molecule is Cc1ncc(C(=O)Nc2ccc(I)cn2)s1. The Morgan fingerprint density at radius 1 is 1.38 bits per heavy atom. The number of nitrogens with zero attached hydrogens (tertiary/aromatic N) is 2. The molecule has 0 aliphatic rings. The maximum Gasteiger partial charge on any atom is 0.268 e. The minimum absolute atomic E-state index is 0.167. The van der Waals surface area contributed by atoms with E-state index in [0.717, 1.165) is 8.58 Å². The van der Waals surface area contributed by atoms with Crippen LogP contribution in [0, 0.1) is 10.5 Å². The van der Waals surface area contributed by atoms with Gasteiger partial charge >= 0.3 is 0 Å². The molecule has 2 aromatic heterocycles. The summed E-state index contributed by atoms with van der Waals surface area (Å²) in [6, 6.07) is 3.66. The smallest absolute Gasteiger partial charge is 0.268 e. The third-order valence-electron chi connectivity index (χ3n) is 1.81. The van der Waals surface area contributed by atoms with Crippen molar-refractivity contribution in [2.45, 2.75) is 6.92 Å². The first-order chi connectivity index (χ1) is 7.65. The molecule has 2 aromatic rings. The second-order valence-corrected chi connectivity index (χ2v) is 5.54. The van der Waals surface area contributed by atoms with Crippen LogP contribution in [0.4, 0.5) is 5.82 Å². The van der Waals surface area contributed by atoms with Gasteiger partial charge in [-0.1, -0.05) is 0 Å². The first-order valence-corrected chi connectivity index (χ1v) is 6.40. The van der Waals surface area contributed by atoms with E-state index >= 15 is 0 Å². The molecule has 0 aliphatic heterocycles. The van der Waals surface area contributed by atoms with Gasteiger partial charge in [0.1, 0.15) is 10.7 Å². The van der Waals surface area contributed by atoms with Gasteiger partial charge in [-0.2, -0.15) is 0 Å². The van der Waals surface area contributed by atoms with Gasteiger partial charge < -0.3 is 5.32 Å². The number of hydrogen-bond acceptors (Lipinski definition) is 4. The monoisotopic (exact) mass is 345 g/mol. The molecule has 0 bridgehead atoms. The molecule has 0 spiro atoms. The van der Waals surface area contributed by atoms with E-state index in [-0.39, 0.29) is 5.91 Å². The largest absolute Gasteiger partial charge is 0.306 e. The van der Waals surface area contributed by atoms with Crippen molar-refractivity contribution in [2.75, 3.05) is 5.32 Å². The third-order valence-corrected chi connectivity index (χ3v) is 3.36. The summed E-state index contributed by atoms with van der Waals surface area (Å²) in [6.07, 6.45) is 3.27. The van der Waals surface area contributed by atoms with Gasteiger partial charge in [0.15, 0.2) is 0 Å². The average Bonchev–Trinajstić information content (AvgIpc) is 2.68. The van der Waals surface area contributed by atoms with Gasteiger partial charge in [-0.05, 0) is 41.6 Å². The van der Waals surface area contributed by atoms with Crippen LogP contribution in [0.25, 0.3) is 0 Å². The zero-order valence-corrected chi connectivity index (χ0v) is 11.4. The van der Waals surface area contributed by atoms with Gasteiger partial charge in [0.2, 0.25) is 0 Å². The number of rotatable bonds is 2. The Morgan fingerprint density at radius 2 is 2.19 bits per heavy atom. The Morgan fingerprint density at radius 3 is 2.75 bits per heavy atom. The predicted molar refractivity (Wildman–Crippen MR) is 71.8 cm³/mol. The minimum Gasteiger partial charge on any atom is -0.306 e. The highest BCUT2D eigenvalue weighted by atomic mass is 127. The van der Waals surface area contributed by atoms with E-state index in [9.17, 15) is 4.79 Å². The van der Waals surface area contributed by atoms with Crippen molar-refractivity contribution in [1.29, 1.82) is 0 Å². The molecule has 0 aliphatic carbocycles. The molecule has 2 rings (SSSR count). The molecular formula is C10H8IN3OS. The normalized spacial score (nSPS) is 10.1. The van der Waals surface area contributed by atoms with Gasteiger partial charge in [-0.25, -0.2) is 9.97 Å². The number of nitrogens with one attached hydrogen (secondary N) is 1. The lowest BCUT2D eigenvalue weighted by molar-refractivity contribution is 0.103. The predicted octanol–water partition coefficient (Wildman–Crippen LogP) is 2.70. The Hall–Kier alpha value is -1.02. The van der Waals surface area contributed by atoms with Crippen LogP contribution in [0.15, 0.2) is 24.5 Å². The second-order valence-electron chi connectivity index (χ2n) is 3.06. The minimum atomic E-state index is -0.167. The van der Waals surface area contributed by atoms with Gasteiger partial charge in [0, 0.05) is 9.77 Å². The number of aromatic nitrogens is 2. The van der Waals surface area contributed by atoms with Gasteiger partial charge in [-0.3, -0.25) is 4.79 Å². The fraction of sp³-hybridized carbons (Fsp3) is 0.100. The first kappa shape index (κ1) is 11.5. The Bertz CT molecular complexity index is 509. The first-order valence-electron chi connectivity index (χ1n) is 4.50. The number of hydrogen-bond donors (Lipinski definition) is 1. The van der Waals surface area contributed by atoms with Gasteiger partial charge in [0.25, 0.3) is 5.91 Å². The summed E-state index contributed by atoms with van der Waals surface area (Å²) in [5.41, 5.74) is 0. The van der Waals surface area contributed by atoms with Crippen molar-refractivity contribution >= 4 is 45.7 Å². The molecule has 16 heavy (non-hydrogen) atoms. The highest BCUT2D eigenvalue weighted by Crippen LogP contribution is 2.14. The highest BCUT2D eigenvalue weighted by molar-refractivity contribution is 14.1. The van der Waals surface area contributed by atoms with Gasteiger partial charge in [0.05, 0.1) is 11.2 Å². The summed E-state index contributed by atoms with van der Waals surface area (Å²) < 4.78 is 1.03. The molecular weight excluding hydrogens is 337 g/mol. The maximum absolute atomic E-state index is 11.7. The molecule has 0 aromatic carbocycles. The molecule has 0 unspecified atom stereocenters. The van der Waals surface area contributed by atoms with E-state index in [1.165, 1.54) is 11.3 Å². The van der Waals surface area contributed by atoms with Crippen molar-refractivity contribution < 1.29 is 4.79 Å². The van der Waals surface area contributed by atoms with Crippen LogP contribution in [0.5, 0.6) is 0 Å². The summed E-state index contributed by atoms with van der Waals surface area (Å²) >= 11 is 3.53. The summed E-state index contributed by atoms with van der Waals surface area (Å²) in [7, 11) is 0. The van der Waals surface area contributed by atoms with E-state index in [1.54, 1.807) is 18.5 Å². The lowest BCUT2D eigenvalue weighted by Gasteiger charge is -2.01. The average molecular weight is 345 g/mol. The molecule has 0 saturated carbocycles. The summed E-state index contributed by atoms with van der Waals surface area (Å²) in [5.74, 6) is 0.385. The van der Waals surface area contributed by atoms with Crippen molar-refractivity contribution in [3.63, 3.8) is 0 Å². The number of carbonyl (C=O) groups is 1. The van der Waals surface area contributed by atoms with Crippen molar-refractivity contribution in [3.8, 4) is 0 Å². The summed E-state index contributed by atoms with van der Waals surface area (Å²) in [4.78, 5) is 20.4. The lowest BCUT2D eigenvalue weighted by Crippen LogP contribution is -2.11. The molecule has 0 saturated heterocycles. The van der Waals surface area contributed by atoms with Crippen LogP contribution in [0.2, 0.25) is 0 Å². The molecule has 2 heterocycles. The molecule has 6 heteroatoms. The molecule has 0 atom stereocenters. The van der Waals surface area contributed by atoms with Crippen molar-refractivity contribution in [3.05, 3.63) is 38.0 Å². The zero-order valence-electron chi connectivity index (χ0n) is 8.40. The standard InChI is InChI=1S/C10H8IN3OS/c1-6-12-5-8(16-6)10(15)14-9-3-2-7(11)4-13-9/h2-5H,1H3,(H,13,14,15). The number of amides is 1. The summed E-state index contributed by atoms with van der Waals surface area (Å²) in [6.45, 7) is 1.87. The number of halogens is 1. The van der Waals surface area contributed by atoms with Crippen LogP contribution in [0.1, 0.15) is 14.7 Å². The topological polar surface area (TPSA) is 54.9 Å². The fourth-order valence-electron chi connectivity index (χ4n) is 1.09. The molecule has 82 valence electrons. The quantitative estimate of drug-likeness (QED) is 0.852. The second kappa shape index (κ2) is 4.88. The molecule has 4 nitrogen and oxygen atoms in total. The molecule has 1 N–H and O–H groups in total. The Labute approximate surface area is 110 Å². The van der Waals surface area contributed by atoms with Crippen LogP contribution < -0.4 is 5.32 Å². The fourth-order valence-corrected chi connectivity index (χ4v) is 2.09. The van der Waals surface area contributed by atoms with Crippen LogP contribution in [-0.2, 0) is 0 Å². The van der Waals surface area contributed by atoms with E-state index < -0.39 is 0 Å². The number of anilines is 1. The lowest BCUT2D eigenvalue weighted by atomic mass is 10.4. The number of thiazole rings is 1. The molecule has 1 amide bonds. The maximum atomic E-state index is 11.7. The van der Waals surface area contributed by atoms with E-state index in [4.69, 9.17) is 0 Å². The van der Waals surface area contributed by atoms with Crippen molar-refractivity contribution in [2.24, 2.45) is 0 Å². The van der Waals surface area contributed by atoms with E-state index in [0.29, 0.717) is 10.7 Å². The highest BCUT2D eigenvalue weighted by Gasteiger charge is 2.09.